The Kier molecular flexibility index (Phi) is 3.92. The summed E-state index contributed by atoms with van der Waals surface area (Å²) in [4.78, 5) is 12.1. The Morgan fingerprint density at radius 2 is 2.15 bits per heavy atom. The van der Waals surface area contributed by atoms with Crippen LogP contribution >= 0.6 is 0 Å². The van der Waals surface area contributed by atoms with Crippen molar-refractivity contribution < 1.29 is 9.53 Å². The Morgan fingerprint density at radius 3 is 2.95 bits per heavy atom. The number of fused-ring (bicyclic) bond motifs is 1. The molecule has 3 rings (SSSR count). The molecule has 1 aliphatic carbocycles. The number of para-hydroxylation sites is 1. The van der Waals surface area contributed by atoms with Gasteiger partial charge in [-0.15, -0.1) is 0 Å². The van der Waals surface area contributed by atoms with Crippen molar-refractivity contribution in [2.45, 2.75) is 37.6 Å². The molecule has 1 aromatic rings. The van der Waals surface area contributed by atoms with Crippen molar-refractivity contribution in [3.05, 3.63) is 29.8 Å². The summed E-state index contributed by atoms with van der Waals surface area (Å²) >= 11 is 0. The first-order chi connectivity index (χ1) is 9.74. The molecule has 1 heterocycles. The number of nitrogens with one attached hydrogen (secondary N) is 1. The monoisotopic (exact) mass is 274 g/mol. The van der Waals surface area contributed by atoms with E-state index in [1.165, 1.54) is 5.56 Å². The van der Waals surface area contributed by atoms with Crippen LogP contribution in [0.2, 0.25) is 0 Å². The van der Waals surface area contributed by atoms with Gasteiger partial charge in [-0.1, -0.05) is 18.2 Å². The Hall–Kier alpha value is -1.55. The van der Waals surface area contributed by atoms with Gasteiger partial charge in [0.15, 0.2) is 0 Å². The van der Waals surface area contributed by atoms with Gasteiger partial charge < -0.3 is 15.8 Å². The highest BCUT2D eigenvalue weighted by atomic mass is 16.5. The van der Waals surface area contributed by atoms with E-state index in [2.05, 4.69) is 11.4 Å². The largest absolute Gasteiger partial charge is 0.493 e. The number of carbonyl (C=O) groups excluding carboxylic acids is 1. The van der Waals surface area contributed by atoms with Gasteiger partial charge in [0, 0.05) is 24.4 Å². The number of benzene rings is 1. The van der Waals surface area contributed by atoms with Crippen LogP contribution in [-0.2, 0) is 4.79 Å². The summed E-state index contributed by atoms with van der Waals surface area (Å²) in [5.74, 6) is 1.60. The van der Waals surface area contributed by atoms with E-state index in [0.29, 0.717) is 12.5 Å². The number of ether oxygens (including phenoxy) is 1. The Balaban J connectivity index is 1.58. The predicted octanol–water partition coefficient (Wildman–Crippen LogP) is 1.80. The van der Waals surface area contributed by atoms with Gasteiger partial charge in [0.1, 0.15) is 5.75 Å². The van der Waals surface area contributed by atoms with Crippen molar-refractivity contribution in [1.29, 1.82) is 0 Å². The lowest BCUT2D eigenvalue weighted by Crippen LogP contribution is -2.34. The van der Waals surface area contributed by atoms with Crippen LogP contribution in [0.1, 0.15) is 37.2 Å². The summed E-state index contributed by atoms with van der Waals surface area (Å²) in [5.41, 5.74) is 7.08. The first-order valence-corrected chi connectivity index (χ1v) is 7.49. The molecule has 4 heteroatoms. The smallest absolute Gasteiger partial charge is 0.223 e. The molecule has 1 saturated carbocycles. The van der Waals surface area contributed by atoms with Gasteiger partial charge >= 0.3 is 0 Å². The van der Waals surface area contributed by atoms with Crippen molar-refractivity contribution in [1.82, 2.24) is 5.32 Å². The van der Waals surface area contributed by atoms with E-state index >= 15 is 0 Å². The maximum absolute atomic E-state index is 12.1. The van der Waals surface area contributed by atoms with Gasteiger partial charge in [0.05, 0.1) is 6.61 Å². The third kappa shape index (κ3) is 2.80. The average molecular weight is 274 g/mol. The lowest BCUT2D eigenvalue weighted by atomic mass is 9.93. The van der Waals surface area contributed by atoms with Gasteiger partial charge in [-0.25, -0.2) is 0 Å². The maximum atomic E-state index is 12.1. The van der Waals surface area contributed by atoms with E-state index < -0.39 is 0 Å². The minimum absolute atomic E-state index is 0.111. The van der Waals surface area contributed by atoms with Crippen LogP contribution in [0.3, 0.4) is 0 Å². The molecule has 4 nitrogen and oxygen atoms in total. The summed E-state index contributed by atoms with van der Waals surface area (Å²) in [5, 5.41) is 3.11. The van der Waals surface area contributed by atoms with Crippen LogP contribution in [0.5, 0.6) is 5.75 Å². The van der Waals surface area contributed by atoms with Crippen molar-refractivity contribution >= 4 is 5.91 Å². The van der Waals surface area contributed by atoms with E-state index in [0.717, 1.165) is 38.0 Å². The number of carbonyl (C=O) groups is 1. The topological polar surface area (TPSA) is 64.4 Å². The molecule has 3 atom stereocenters. The SMILES string of the molecule is NC1CCC(C(=O)NCC2CCOc3ccccc32)C1. The van der Waals surface area contributed by atoms with Crippen LogP contribution in [0.25, 0.3) is 0 Å². The number of rotatable bonds is 3. The standard InChI is InChI=1S/C16H22N2O2/c17-13-6-5-11(9-13)16(19)18-10-12-7-8-20-15-4-2-1-3-14(12)15/h1-4,11-13H,5-10,17H2,(H,18,19). The number of hydrogen-bond acceptors (Lipinski definition) is 3. The molecule has 1 aliphatic heterocycles. The molecule has 0 radical (unpaired) electrons. The zero-order valence-corrected chi connectivity index (χ0v) is 11.7. The zero-order chi connectivity index (χ0) is 13.9. The normalized spacial score (nSPS) is 28.6. The number of amides is 1. The van der Waals surface area contributed by atoms with E-state index in [-0.39, 0.29) is 17.9 Å². The summed E-state index contributed by atoms with van der Waals surface area (Å²) in [7, 11) is 0. The minimum Gasteiger partial charge on any atom is -0.493 e. The van der Waals surface area contributed by atoms with E-state index in [4.69, 9.17) is 10.5 Å². The molecule has 1 amide bonds. The van der Waals surface area contributed by atoms with Crippen LogP contribution in [0, 0.1) is 5.92 Å². The molecule has 20 heavy (non-hydrogen) atoms. The summed E-state index contributed by atoms with van der Waals surface area (Å²) in [6.45, 7) is 1.43. The van der Waals surface area contributed by atoms with Crippen molar-refractivity contribution in [3.63, 3.8) is 0 Å². The van der Waals surface area contributed by atoms with Crippen LogP contribution in [0.4, 0.5) is 0 Å². The Morgan fingerprint density at radius 1 is 1.30 bits per heavy atom. The first kappa shape index (κ1) is 13.4. The van der Waals surface area contributed by atoms with Crippen LogP contribution in [-0.4, -0.2) is 25.1 Å². The van der Waals surface area contributed by atoms with Crippen molar-refractivity contribution in [2.24, 2.45) is 11.7 Å². The molecule has 0 aromatic heterocycles. The molecule has 0 bridgehead atoms. The summed E-state index contributed by atoms with van der Waals surface area (Å²) < 4.78 is 5.65. The molecule has 1 fully saturated rings. The fraction of sp³-hybridized carbons (Fsp3) is 0.562. The number of nitrogens with two attached hydrogens (primary N) is 1. The van der Waals surface area contributed by atoms with Crippen LogP contribution < -0.4 is 15.8 Å². The van der Waals surface area contributed by atoms with Gasteiger partial charge in [-0.3, -0.25) is 4.79 Å². The third-order valence-corrected chi connectivity index (χ3v) is 4.45. The van der Waals surface area contributed by atoms with E-state index in [1.807, 2.05) is 18.2 Å². The highest BCUT2D eigenvalue weighted by Gasteiger charge is 2.28. The average Bonchev–Trinajstić information content (AvgIpc) is 2.91. The van der Waals surface area contributed by atoms with Gasteiger partial charge in [0.25, 0.3) is 0 Å². The van der Waals surface area contributed by atoms with Gasteiger partial charge in [0.2, 0.25) is 5.91 Å². The van der Waals surface area contributed by atoms with E-state index in [9.17, 15) is 4.79 Å². The molecular formula is C16H22N2O2. The second-order valence-corrected chi connectivity index (χ2v) is 5.89. The molecule has 0 saturated heterocycles. The minimum atomic E-state index is 0.111. The van der Waals surface area contributed by atoms with Gasteiger partial charge in [-0.2, -0.15) is 0 Å². The molecule has 3 unspecified atom stereocenters. The highest BCUT2D eigenvalue weighted by molar-refractivity contribution is 5.79. The molecule has 108 valence electrons. The van der Waals surface area contributed by atoms with Crippen molar-refractivity contribution in [2.75, 3.05) is 13.2 Å². The fourth-order valence-electron chi connectivity index (χ4n) is 3.25. The zero-order valence-electron chi connectivity index (χ0n) is 11.7. The number of hydrogen-bond donors (Lipinski definition) is 2. The Bertz CT molecular complexity index is 489. The molecule has 3 N–H and O–H groups in total. The van der Waals surface area contributed by atoms with E-state index in [1.54, 1.807) is 0 Å². The highest BCUT2D eigenvalue weighted by Crippen LogP contribution is 2.33. The molecule has 0 spiro atoms. The summed E-state index contributed by atoms with van der Waals surface area (Å²) in [6.07, 6.45) is 3.69. The lowest BCUT2D eigenvalue weighted by Gasteiger charge is -2.26. The second-order valence-electron chi connectivity index (χ2n) is 5.89. The molecule has 1 aromatic carbocycles. The first-order valence-electron chi connectivity index (χ1n) is 7.49. The molecule has 2 aliphatic rings. The third-order valence-electron chi connectivity index (χ3n) is 4.45. The maximum Gasteiger partial charge on any atom is 0.223 e. The predicted molar refractivity (Wildman–Crippen MR) is 77.6 cm³/mol. The van der Waals surface area contributed by atoms with Crippen LogP contribution in [0.15, 0.2) is 24.3 Å². The lowest BCUT2D eigenvalue weighted by molar-refractivity contribution is -0.124. The molecular weight excluding hydrogens is 252 g/mol. The van der Waals surface area contributed by atoms with Gasteiger partial charge in [-0.05, 0) is 37.3 Å². The quantitative estimate of drug-likeness (QED) is 0.883. The second kappa shape index (κ2) is 5.83. The Labute approximate surface area is 119 Å². The summed E-state index contributed by atoms with van der Waals surface area (Å²) in [6, 6.07) is 8.31. The fourth-order valence-corrected chi connectivity index (χ4v) is 3.25. The van der Waals surface area contributed by atoms with Crippen molar-refractivity contribution in [3.8, 4) is 5.75 Å².